The average molecular weight is 428 g/mol. The van der Waals surface area contributed by atoms with Crippen molar-refractivity contribution >= 4 is 28.6 Å². The summed E-state index contributed by atoms with van der Waals surface area (Å²) in [5.41, 5.74) is 4.58. The standard InChI is InChI=1S/C25H25N5O2/c31-21-5-2-1-4-18-7-9-19(10-8-18)28-25-26-16-23-24(29-25)30(17-27-23)20-11-13-22(14-12-20)32-15-3-6-21/h7-14,16-17H,1-6,15H2,(H,26,28,29). The fourth-order valence-electron chi connectivity index (χ4n) is 3.88. The van der Waals surface area contributed by atoms with Crippen LogP contribution >= 0.6 is 0 Å². The number of benzene rings is 2. The Morgan fingerprint density at radius 3 is 2.50 bits per heavy atom. The van der Waals surface area contributed by atoms with Gasteiger partial charge in [0.2, 0.25) is 5.95 Å². The van der Waals surface area contributed by atoms with Crippen LogP contribution in [0, 0.1) is 0 Å². The molecule has 2 aromatic heterocycles. The van der Waals surface area contributed by atoms with E-state index >= 15 is 0 Å². The van der Waals surface area contributed by atoms with Crippen molar-refractivity contribution in [1.82, 2.24) is 19.5 Å². The number of nitrogens with one attached hydrogen (secondary N) is 1. The molecular formula is C25H25N5O2. The number of aryl methyl sites for hydroxylation is 1. The van der Waals surface area contributed by atoms with E-state index in [0.29, 0.717) is 31.2 Å². The van der Waals surface area contributed by atoms with Crippen molar-refractivity contribution in [3.63, 3.8) is 0 Å². The SMILES string of the molecule is O=C1CCCCc2ccc(cc2)Nc2ncc3ncn(c3n2)-c2ccc(cc2)OCCC1. The molecule has 6 heterocycles. The van der Waals surface area contributed by atoms with Gasteiger partial charge in [0.1, 0.15) is 23.4 Å². The van der Waals surface area contributed by atoms with E-state index in [4.69, 9.17) is 9.72 Å². The Hall–Kier alpha value is -3.74. The van der Waals surface area contributed by atoms with Gasteiger partial charge in [-0.15, -0.1) is 0 Å². The molecule has 7 heteroatoms. The minimum atomic E-state index is 0.316. The quantitative estimate of drug-likeness (QED) is 0.425. The summed E-state index contributed by atoms with van der Waals surface area (Å²) in [7, 11) is 0. The molecule has 0 aliphatic carbocycles. The summed E-state index contributed by atoms with van der Waals surface area (Å²) in [6.45, 7) is 0.535. The normalized spacial score (nSPS) is 15.2. The predicted octanol–water partition coefficient (Wildman–Crippen LogP) is 5.01. The van der Waals surface area contributed by atoms with Crippen molar-refractivity contribution in [2.24, 2.45) is 0 Å². The summed E-state index contributed by atoms with van der Waals surface area (Å²) in [6, 6.07) is 16.1. The Balaban J connectivity index is 1.44. The van der Waals surface area contributed by atoms with Gasteiger partial charge in [0.05, 0.1) is 12.8 Å². The van der Waals surface area contributed by atoms with Crippen molar-refractivity contribution in [3.8, 4) is 11.4 Å². The van der Waals surface area contributed by atoms with Gasteiger partial charge in [0.25, 0.3) is 0 Å². The number of nitrogens with zero attached hydrogens (tertiary/aromatic N) is 4. The average Bonchev–Trinajstić information content (AvgIpc) is 3.24. The minimum absolute atomic E-state index is 0.316. The summed E-state index contributed by atoms with van der Waals surface area (Å²) in [5, 5.41) is 3.28. The van der Waals surface area contributed by atoms with E-state index < -0.39 is 0 Å². The van der Waals surface area contributed by atoms with Crippen molar-refractivity contribution in [2.75, 3.05) is 11.9 Å². The molecule has 0 amide bonds. The van der Waals surface area contributed by atoms with E-state index in [1.54, 1.807) is 12.5 Å². The number of carbonyl (C=O) groups excluding carboxylic acids is 1. The highest BCUT2D eigenvalue weighted by molar-refractivity contribution is 5.78. The first-order valence-electron chi connectivity index (χ1n) is 11.1. The van der Waals surface area contributed by atoms with Crippen LogP contribution < -0.4 is 10.1 Å². The third-order valence-corrected chi connectivity index (χ3v) is 5.66. The molecule has 4 aliphatic heterocycles. The molecule has 0 fully saturated rings. The number of anilines is 2. The molecule has 4 aliphatic rings. The van der Waals surface area contributed by atoms with Crippen LogP contribution in [0.4, 0.5) is 11.6 Å². The Morgan fingerprint density at radius 2 is 1.66 bits per heavy atom. The molecule has 0 saturated carbocycles. The molecule has 0 radical (unpaired) electrons. The largest absolute Gasteiger partial charge is 0.494 e. The second-order valence-electron chi connectivity index (χ2n) is 8.03. The zero-order chi connectivity index (χ0) is 21.8. The lowest BCUT2D eigenvalue weighted by Crippen LogP contribution is -2.04. The fraction of sp³-hybridized carbons (Fsp3) is 0.280. The van der Waals surface area contributed by atoms with Gasteiger partial charge < -0.3 is 10.1 Å². The molecule has 6 bridgehead atoms. The molecule has 8 rings (SSSR count). The topological polar surface area (TPSA) is 81.9 Å². The van der Waals surface area contributed by atoms with E-state index in [9.17, 15) is 4.79 Å². The number of aromatic nitrogens is 4. The maximum Gasteiger partial charge on any atom is 0.229 e. The van der Waals surface area contributed by atoms with E-state index in [2.05, 4.69) is 27.4 Å². The van der Waals surface area contributed by atoms with Gasteiger partial charge in [-0.2, -0.15) is 4.98 Å². The van der Waals surface area contributed by atoms with Gasteiger partial charge in [0.15, 0.2) is 5.65 Å². The third-order valence-electron chi connectivity index (χ3n) is 5.66. The van der Waals surface area contributed by atoms with Crippen molar-refractivity contribution in [1.29, 1.82) is 0 Å². The second-order valence-corrected chi connectivity index (χ2v) is 8.03. The third kappa shape index (κ3) is 4.61. The van der Waals surface area contributed by atoms with Gasteiger partial charge in [-0.1, -0.05) is 12.1 Å². The highest BCUT2D eigenvalue weighted by atomic mass is 16.5. The highest BCUT2D eigenvalue weighted by Gasteiger charge is 2.10. The molecule has 1 N–H and O–H groups in total. The molecule has 7 nitrogen and oxygen atoms in total. The van der Waals surface area contributed by atoms with Crippen LogP contribution in [0.1, 0.15) is 37.7 Å². The molecule has 0 spiro atoms. The van der Waals surface area contributed by atoms with Crippen LogP contribution in [-0.4, -0.2) is 31.9 Å². The first kappa shape index (κ1) is 20.2. The van der Waals surface area contributed by atoms with Gasteiger partial charge >= 0.3 is 0 Å². The molecule has 0 saturated heterocycles. The fourth-order valence-corrected chi connectivity index (χ4v) is 3.88. The van der Waals surface area contributed by atoms with Crippen LogP contribution in [0.5, 0.6) is 5.75 Å². The Morgan fingerprint density at radius 1 is 0.875 bits per heavy atom. The number of Topliss-reactive ketones (excluding diaryl/α,β-unsaturated/α-hetero) is 1. The van der Waals surface area contributed by atoms with Gasteiger partial charge in [-0.25, -0.2) is 9.97 Å². The number of ether oxygens (including phenoxy) is 1. The van der Waals surface area contributed by atoms with E-state index in [1.165, 1.54) is 5.56 Å². The molecule has 2 aromatic carbocycles. The number of hydrogen-bond donors (Lipinski definition) is 1. The number of hydrogen-bond acceptors (Lipinski definition) is 6. The zero-order valence-corrected chi connectivity index (χ0v) is 17.8. The van der Waals surface area contributed by atoms with Crippen LogP contribution in [0.15, 0.2) is 61.1 Å². The zero-order valence-electron chi connectivity index (χ0n) is 17.8. The lowest BCUT2D eigenvalue weighted by atomic mass is 10.0. The van der Waals surface area contributed by atoms with Crippen molar-refractivity contribution < 1.29 is 9.53 Å². The minimum Gasteiger partial charge on any atom is -0.494 e. The van der Waals surface area contributed by atoms with Crippen LogP contribution in [-0.2, 0) is 11.2 Å². The second kappa shape index (κ2) is 9.18. The van der Waals surface area contributed by atoms with Gasteiger partial charge in [-0.05, 0) is 67.6 Å². The lowest BCUT2D eigenvalue weighted by Gasteiger charge is -2.10. The Kier molecular flexibility index (Phi) is 5.79. The Bertz CT molecular complexity index is 1220. The molecule has 4 aromatic rings. The molecular weight excluding hydrogens is 402 g/mol. The number of imidazole rings is 1. The summed E-state index contributed by atoms with van der Waals surface area (Å²) in [4.78, 5) is 25.7. The molecule has 32 heavy (non-hydrogen) atoms. The van der Waals surface area contributed by atoms with Crippen molar-refractivity contribution in [3.05, 3.63) is 66.6 Å². The predicted molar refractivity (Wildman–Crippen MR) is 124 cm³/mol. The highest BCUT2D eigenvalue weighted by Crippen LogP contribution is 2.22. The van der Waals surface area contributed by atoms with E-state index in [0.717, 1.165) is 54.0 Å². The van der Waals surface area contributed by atoms with Crippen LogP contribution in [0.25, 0.3) is 16.9 Å². The van der Waals surface area contributed by atoms with Crippen molar-refractivity contribution in [2.45, 2.75) is 38.5 Å². The van der Waals surface area contributed by atoms with Gasteiger partial charge in [-0.3, -0.25) is 9.36 Å². The molecule has 0 unspecified atom stereocenters. The van der Waals surface area contributed by atoms with Crippen LogP contribution in [0.3, 0.4) is 0 Å². The molecule has 162 valence electrons. The molecule has 0 atom stereocenters. The summed E-state index contributed by atoms with van der Waals surface area (Å²) >= 11 is 0. The number of carbonyl (C=O) groups is 1. The monoisotopic (exact) mass is 427 g/mol. The van der Waals surface area contributed by atoms with Gasteiger partial charge in [0, 0.05) is 24.2 Å². The lowest BCUT2D eigenvalue weighted by molar-refractivity contribution is -0.119. The summed E-state index contributed by atoms with van der Waals surface area (Å²) in [6.07, 6.45) is 8.32. The maximum absolute atomic E-state index is 12.1. The van der Waals surface area contributed by atoms with Crippen LogP contribution in [0.2, 0.25) is 0 Å². The number of ketones is 1. The smallest absolute Gasteiger partial charge is 0.229 e. The summed E-state index contributed by atoms with van der Waals surface area (Å²) < 4.78 is 7.75. The van der Waals surface area contributed by atoms with E-state index in [1.807, 2.05) is 41.0 Å². The maximum atomic E-state index is 12.1. The van der Waals surface area contributed by atoms with E-state index in [-0.39, 0.29) is 0 Å². The Labute approximate surface area is 186 Å². The first-order valence-corrected chi connectivity index (χ1v) is 11.1. The number of rotatable bonds is 0. The first-order chi connectivity index (χ1) is 15.7. The summed E-state index contributed by atoms with van der Waals surface area (Å²) in [5.74, 6) is 1.62.